The molecule has 1 atom stereocenters. The monoisotopic (exact) mass is 374 g/mol. The molecule has 0 aliphatic rings. The van der Waals surface area contributed by atoms with Gasteiger partial charge in [0.2, 0.25) is 0 Å². The first kappa shape index (κ1) is 19.3. The molecule has 8 heteroatoms. The summed E-state index contributed by atoms with van der Waals surface area (Å²) in [5.41, 5.74) is 0.628. The summed E-state index contributed by atoms with van der Waals surface area (Å²) >= 11 is 5.91. The van der Waals surface area contributed by atoms with E-state index in [-0.39, 0.29) is 23.1 Å². The largest absolute Gasteiger partial charge is 0.458 e. The average Bonchev–Trinajstić information content (AvgIpc) is 2.98. The lowest BCUT2D eigenvalue weighted by Crippen LogP contribution is -2.18. The van der Waals surface area contributed by atoms with Gasteiger partial charge in [-0.15, -0.1) is 0 Å². The van der Waals surface area contributed by atoms with Gasteiger partial charge < -0.3 is 4.74 Å². The molecule has 0 saturated carbocycles. The minimum absolute atomic E-state index is 0.0143. The van der Waals surface area contributed by atoms with E-state index in [4.69, 9.17) is 16.3 Å². The standard InChI is InChI=1S/C17H18ClF3N2O2/c1-9(2)14-8-15(23-22-14)16(24)25-10(3)6-11-4-5-12(7-13(11)18)17(19,20)21/h4-5,7-10H,6H2,1-3H3,(H,22,23). The number of carbonyl (C=O) groups excluding carboxylic acids is 1. The van der Waals surface area contributed by atoms with Crippen LogP contribution in [0, 0.1) is 0 Å². The molecule has 2 rings (SSSR count). The van der Waals surface area contributed by atoms with Gasteiger partial charge in [-0.3, -0.25) is 5.10 Å². The lowest BCUT2D eigenvalue weighted by Gasteiger charge is -2.14. The Bertz CT molecular complexity index is 757. The Balaban J connectivity index is 2.02. The number of aromatic amines is 1. The molecule has 0 bridgehead atoms. The molecule has 25 heavy (non-hydrogen) atoms. The van der Waals surface area contributed by atoms with Gasteiger partial charge in [0.15, 0.2) is 5.69 Å². The number of nitrogens with one attached hydrogen (secondary N) is 1. The summed E-state index contributed by atoms with van der Waals surface area (Å²) in [6.45, 7) is 5.55. The van der Waals surface area contributed by atoms with Crippen LogP contribution >= 0.6 is 11.6 Å². The molecule has 0 spiro atoms. The summed E-state index contributed by atoms with van der Waals surface area (Å²) in [4.78, 5) is 12.1. The minimum atomic E-state index is -4.45. The fraction of sp³-hybridized carbons (Fsp3) is 0.412. The molecule has 4 nitrogen and oxygen atoms in total. The predicted molar refractivity (Wildman–Crippen MR) is 87.7 cm³/mol. The molecule has 1 aromatic carbocycles. The zero-order valence-corrected chi connectivity index (χ0v) is 14.7. The molecule has 2 aromatic rings. The maximum absolute atomic E-state index is 12.6. The highest BCUT2D eigenvalue weighted by atomic mass is 35.5. The van der Waals surface area contributed by atoms with Gasteiger partial charge in [-0.1, -0.05) is 31.5 Å². The van der Waals surface area contributed by atoms with Gasteiger partial charge >= 0.3 is 12.1 Å². The Kier molecular flexibility index (Phi) is 5.77. The molecular weight excluding hydrogens is 357 g/mol. The van der Waals surface area contributed by atoms with Crippen molar-refractivity contribution in [3.8, 4) is 0 Å². The second kappa shape index (κ2) is 7.47. The van der Waals surface area contributed by atoms with Gasteiger partial charge in [-0.25, -0.2) is 4.79 Å². The molecule has 0 radical (unpaired) electrons. The van der Waals surface area contributed by atoms with Crippen molar-refractivity contribution in [1.82, 2.24) is 10.2 Å². The maximum atomic E-state index is 12.6. The van der Waals surface area contributed by atoms with E-state index in [1.54, 1.807) is 13.0 Å². The van der Waals surface area contributed by atoms with E-state index in [0.29, 0.717) is 5.56 Å². The fourth-order valence-electron chi connectivity index (χ4n) is 2.22. The minimum Gasteiger partial charge on any atom is -0.458 e. The maximum Gasteiger partial charge on any atom is 0.416 e. The highest BCUT2D eigenvalue weighted by molar-refractivity contribution is 6.31. The summed E-state index contributed by atoms with van der Waals surface area (Å²) in [7, 11) is 0. The molecule has 136 valence electrons. The third-order valence-electron chi connectivity index (χ3n) is 3.62. The first-order valence-corrected chi connectivity index (χ1v) is 8.07. The summed E-state index contributed by atoms with van der Waals surface area (Å²) < 4.78 is 43.2. The van der Waals surface area contributed by atoms with Crippen molar-refractivity contribution < 1.29 is 22.7 Å². The van der Waals surface area contributed by atoms with Crippen LogP contribution in [0.25, 0.3) is 0 Å². The number of halogens is 4. The Labute approximate surface area is 148 Å². The first-order valence-electron chi connectivity index (χ1n) is 7.70. The highest BCUT2D eigenvalue weighted by Crippen LogP contribution is 2.32. The van der Waals surface area contributed by atoms with Crippen LogP contribution in [-0.2, 0) is 17.3 Å². The Morgan fingerprint density at radius 2 is 1.96 bits per heavy atom. The van der Waals surface area contributed by atoms with E-state index in [1.807, 2.05) is 13.8 Å². The number of hydrogen-bond donors (Lipinski definition) is 1. The lowest BCUT2D eigenvalue weighted by molar-refractivity contribution is -0.137. The SMILES string of the molecule is CC(Cc1ccc(C(F)(F)F)cc1Cl)OC(=O)c1cc(C(C)C)[nH]n1. The van der Waals surface area contributed by atoms with Crippen molar-refractivity contribution in [2.24, 2.45) is 0 Å². The molecule has 0 saturated heterocycles. The number of nitrogens with zero attached hydrogens (tertiary/aromatic N) is 1. The van der Waals surface area contributed by atoms with Gasteiger partial charge in [0.05, 0.1) is 5.56 Å². The van der Waals surface area contributed by atoms with Crippen molar-refractivity contribution in [1.29, 1.82) is 0 Å². The molecule has 0 fully saturated rings. The van der Waals surface area contributed by atoms with Gasteiger partial charge in [0.25, 0.3) is 0 Å². The Morgan fingerprint density at radius 1 is 1.28 bits per heavy atom. The number of hydrogen-bond acceptors (Lipinski definition) is 3. The normalized spacial score (nSPS) is 13.1. The number of ether oxygens (including phenoxy) is 1. The van der Waals surface area contributed by atoms with Crippen molar-refractivity contribution in [3.05, 3.63) is 51.8 Å². The van der Waals surface area contributed by atoms with E-state index in [0.717, 1.165) is 17.8 Å². The van der Waals surface area contributed by atoms with Gasteiger partial charge in [0.1, 0.15) is 6.10 Å². The van der Waals surface area contributed by atoms with Gasteiger partial charge in [-0.2, -0.15) is 18.3 Å². The van der Waals surface area contributed by atoms with Crippen LogP contribution in [0.2, 0.25) is 5.02 Å². The second-order valence-electron chi connectivity index (χ2n) is 6.09. The van der Waals surface area contributed by atoms with E-state index in [9.17, 15) is 18.0 Å². The number of H-pyrrole nitrogens is 1. The van der Waals surface area contributed by atoms with E-state index in [2.05, 4.69) is 10.2 Å². The van der Waals surface area contributed by atoms with Crippen molar-refractivity contribution in [2.75, 3.05) is 0 Å². The molecule has 1 aromatic heterocycles. The number of carbonyl (C=O) groups is 1. The fourth-order valence-corrected chi connectivity index (χ4v) is 2.48. The van der Waals surface area contributed by atoms with E-state index >= 15 is 0 Å². The van der Waals surface area contributed by atoms with Crippen LogP contribution in [0.15, 0.2) is 24.3 Å². The molecule has 1 unspecified atom stereocenters. The number of esters is 1. The van der Waals surface area contributed by atoms with Gasteiger partial charge in [0, 0.05) is 17.1 Å². The summed E-state index contributed by atoms with van der Waals surface area (Å²) in [5.74, 6) is -0.406. The molecule has 1 heterocycles. The Morgan fingerprint density at radius 3 is 2.48 bits per heavy atom. The average molecular weight is 375 g/mol. The number of rotatable bonds is 5. The Hall–Kier alpha value is -2.02. The van der Waals surface area contributed by atoms with Crippen LogP contribution < -0.4 is 0 Å². The smallest absolute Gasteiger partial charge is 0.416 e. The molecular formula is C17H18ClF3N2O2. The summed E-state index contributed by atoms with van der Waals surface area (Å²) in [5, 5.41) is 6.65. The zero-order chi connectivity index (χ0) is 18.8. The summed E-state index contributed by atoms with van der Waals surface area (Å²) in [6, 6.07) is 4.73. The van der Waals surface area contributed by atoms with Crippen LogP contribution in [0.5, 0.6) is 0 Å². The highest BCUT2D eigenvalue weighted by Gasteiger charge is 2.31. The number of aromatic nitrogens is 2. The second-order valence-corrected chi connectivity index (χ2v) is 6.49. The van der Waals surface area contributed by atoms with Crippen LogP contribution in [0.3, 0.4) is 0 Å². The van der Waals surface area contributed by atoms with Crippen LogP contribution in [-0.4, -0.2) is 22.3 Å². The van der Waals surface area contributed by atoms with Crippen molar-refractivity contribution in [2.45, 2.75) is 45.4 Å². The topological polar surface area (TPSA) is 55.0 Å². The molecule has 0 amide bonds. The van der Waals surface area contributed by atoms with Crippen LogP contribution in [0.4, 0.5) is 13.2 Å². The van der Waals surface area contributed by atoms with E-state index < -0.39 is 23.8 Å². The molecule has 0 aliphatic carbocycles. The van der Waals surface area contributed by atoms with E-state index in [1.165, 1.54) is 6.07 Å². The third-order valence-corrected chi connectivity index (χ3v) is 3.98. The first-order chi connectivity index (χ1) is 11.6. The number of alkyl halides is 3. The van der Waals surface area contributed by atoms with Gasteiger partial charge in [-0.05, 0) is 36.6 Å². The van der Waals surface area contributed by atoms with Crippen molar-refractivity contribution >= 4 is 17.6 Å². The molecule has 1 N–H and O–H groups in total. The predicted octanol–water partition coefficient (Wildman–Crippen LogP) is 4.99. The summed E-state index contributed by atoms with van der Waals surface area (Å²) in [6.07, 6.45) is -4.82. The lowest BCUT2D eigenvalue weighted by atomic mass is 10.1. The number of benzene rings is 1. The van der Waals surface area contributed by atoms with Crippen molar-refractivity contribution in [3.63, 3.8) is 0 Å². The molecule has 0 aliphatic heterocycles. The van der Waals surface area contributed by atoms with Crippen LogP contribution in [0.1, 0.15) is 54.0 Å². The quantitative estimate of drug-likeness (QED) is 0.750. The third kappa shape index (κ3) is 4.98. The zero-order valence-electron chi connectivity index (χ0n) is 13.9.